The van der Waals surface area contributed by atoms with Crippen LogP contribution < -0.4 is 5.32 Å². The lowest BCUT2D eigenvalue weighted by Gasteiger charge is -2.32. The Morgan fingerprint density at radius 2 is 1.73 bits per heavy atom. The highest BCUT2D eigenvalue weighted by atomic mass is 35.5. The number of nitrogens with zero attached hydrogens (tertiary/aromatic N) is 1. The molecule has 37 heavy (non-hydrogen) atoms. The molecule has 1 fully saturated rings. The summed E-state index contributed by atoms with van der Waals surface area (Å²) >= 11 is 6.31. The summed E-state index contributed by atoms with van der Waals surface area (Å²) in [6.45, 7) is 1.18. The topological polar surface area (TPSA) is 99.3 Å². The Morgan fingerprint density at radius 3 is 2.43 bits per heavy atom. The Kier molecular flexibility index (Phi) is 6.79. The number of halogens is 1. The van der Waals surface area contributed by atoms with E-state index in [-0.39, 0.29) is 16.7 Å². The molecule has 0 bridgehead atoms. The molecule has 0 spiro atoms. The number of rotatable bonds is 5. The summed E-state index contributed by atoms with van der Waals surface area (Å²) in [7, 11) is -3.37. The fraction of sp³-hybridized carbons (Fsp3) is 0.214. The van der Waals surface area contributed by atoms with Gasteiger partial charge in [-0.15, -0.1) is 0 Å². The molecule has 2 heterocycles. The number of piperidine rings is 1. The molecule has 0 aliphatic carbocycles. The Labute approximate surface area is 220 Å². The van der Waals surface area contributed by atoms with Crippen LogP contribution in [0.15, 0.2) is 77.8 Å². The van der Waals surface area contributed by atoms with Crippen LogP contribution >= 0.6 is 11.6 Å². The van der Waals surface area contributed by atoms with Crippen LogP contribution in [-0.4, -0.2) is 49.5 Å². The number of likely N-dealkylation sites (tertiary alicyclic amines) is 1. The van der Waals surface area contributed by atoms with Crippen molar-refractivity contribution in [1.82, 2.24) is 9.88 Å². The average Bonchev–Trinajstić information content (AvgIpc) is 3.35. The first kappa shape index (κ1) is 25.0. The summed E-state index contributed by atoms with van der Waals surface area (Å²) in [6.07, 6.45) is 4.54. The highest BCUT2D eigenvalue weighted by Crippen LogP contribution is 2.30. The minimum Gasteiger partial charge on any atom is -0.361 e. The van der Waals surface area contributed by atoms with Crippen LogP contribution in [0.1, 0.15) is 45.0 Å². The number of H-pyrrole nitrogens is 1. The summed E-state index contributed by atoms with van der Waals surface area (Å²) in [4.78, 5) is 30.8. The second kappa shape index (κ2) is 10.0. The Hall–Kier alpha value is -3.62. The summed E-state index contributed by atoms with van der Waals surface area (Å²) in [5.74, 6) is -0.132. The lowest BCUT2D eigenvalue weighted by molar-refractivity contribution is 0.0712. The molecule has 1 aromatic heterocycles. The van der Waals surface area contributed by atoms with Crippen molar-refractivity contribution in [1.29, 1.82) is 0 Å². The number of hydrogen-bond acceptors (Lipinski definition) is 4. The van der Waals surface area contributed by atoms with Crippen LogP contribution in [0.3, 0.4) is 0 Å². The number of sulfone groups is 1. The molecule has 0 radical (unpaired) electrons. The van der Waals surface area contributed by atoms with E-state index in [1.807, 2.05) is 30.3 Å². The number of carbonyl (C=O) groups is 2. The summed E-state index contributed by atoms with van der Waals surface area (Å²) in [5, 5.41) is 4.21. The number of anilines is 1. The summed E-state index contributed by atoms with van der Waals surface area (Å²) < 4.78 is 23.7. The molecule has 0 unspecified atom stereocenters. The number of benzene rings is 3. The molecule has 5 rings (SSSR count). The number of aromatic nitrogens is 1. The Bertz CT molecular complexity index is 1590. The minimum atomic E-state index is -3.37. The molecule has 9 heteroatoms. The van der Waals surface area contributed by atoms with Crippen molar-refractivity contribution < 1.29 is 18.0 Å². The van der Waals surface area contributed by atoms with Gasteiger partial charge in [-0.3, -0.25) is 9.59 Å². The number of aromatic amines is 1. The molecule has 1 saturated heterocycles. The van der Waals surface area contributed by atoms with Crippen LogP contribution in [0, 0.1) is 0 Å². The van der Waals surface area contributed by atoms with Crippen molar-refractivity contribution in [3.05, 3.63) is 94.6 Å². The van der Waals surface area contributed by atoms with Crippen molar-refractivity contribution in [2.24, 2.45) is 0 Å². The van der Waals surface area contributed by atoms with Gasteiger partial charge in [0.2, 0.25) is 0 Å². The second-order valence-corrected chi connectivity index (χ2v) is 11.8. The van der Waals surface area contributed by atoms with Gasteiger partial charge in [0.15, 0.2) is 9.84 Å². The third-order valence-corrected chi connectivity index (χ3v) is 8.24. The molecule has 7 nitrogen and oxygen atoms in total. The molecule has 1 aliphatic rings. The van der Waals surface area contributed by atoms with Crippen molar-refractivity contribution in [3.8, 4) is 0 Å². The van der Waals surface area contributed by atoms with Gasteiger partial charge < -0.3 is 15.2 Å². The zero-order valence-corrected chi connectivity index (χ0v) is 21.8. The predicted octanol–water partition coefficient (Wildman–Crippen LogP) is 5.50. The van der Waals surface area contributed by atoms with E-state index in [9.17, 15) is 18.0 Å². The van der Waals surface area contributed by atoms with Crippen molar-refractivity contribution in [2.75, 3.05) is 24.7 Å². The smallest absolute Gasteiger partial charge is 0.257 e. The maximum Gasteiger partial charge on any atom is 0.257 e. The lowest BCUT2D eigenvalue weighted by Crippen LogP contribution is -2.38. The second-order valence-electron chi connectivity index (χ2n) is 9.34. The Balaban J connectivity index is 1.20. The summed E-state index contributed by atoms with van der Waals surface area (Å²) in [6, 6.07) is 19.4. The number of nitrogens with one attached hydrogen (secondary N) is 2. The van der Waals surface area contributed by atoms with E-state index in [0.29, 0.717) is 40.8 Å². The van der Waals surface area contributed by atoms with Gasteiger partial charge in [-0.25, -0.2) is 8.42 Å². The van der Waals surface area contributed by atoms with Crippen LogP contribution in [0.5, 0.6) is 0 Å². The standard InChI is InChI=1S/C28H26ClN3O4S/c1-37(35,36)23-4-2-3-21(15-23)28(34)32-13-10-19(11-14-32)18-5-7-22(8-6-18)31-27(33)24-16-20-9-12-30-26(20)17-25(24)29/h2-9,12,15-17,19,30H,10-11,13-14H2,1H3,(H,31,33). The predicted molar refractivity (Wildman–Crippen MR) is 145 cm³/mol. The van der Waals surface area contributed by atoms with Gasteiger partial charge in [0.1, 0.15) is 0 Å². The Morgan fingerprint density at radius 1 is 1.00 bits per heavy atom. The maximum atomic E-state index is 12.9. The fourth-order valence-electron chi connectivity index (χ4n) is 4.74. The van der Waals surface area contributed by atoms with Crippen molar-refractivity contribution in [2.45, 2.75) is 23.7 Å². The van der Waals surface area contributed by atoms with Crippen LogP contribution in [0.25, 0.3) is 10.9 Å². The van der Waals surface area contributed by atoms with Gasteiger partial charge in [-0.05, 0) is 72.9 Å². The maximum absolute atomic E-state index is 12.9. The largest absolute Gasteiger partial charge is 0.361 e. The zero-order chi connectivity index (χ0) is 26.2. The van der Waals surface area contributed by atoms with E-state index in [1.165, 1.54) is 12.1 Å². The zero-order valence-electron chi connectivity index (χ0n) is 20.2. The van der Waals surface area contributed by atoms with Gasteiger partial charge in [0.05, 0.1) is 15.5 Å². The minimum absolute atomic E-state index is 0.146. The molecular formula is C28H26ClN3O4S. The van der Waals surface area contributed by atoms with Gasteiger partial charge in [-0.1, -0.05) is 29.8 Å². The molecule has 2 amide bonds. The van der Waals surface area contributed by atoms with E-state index in [4.69, 9.17) is 11.6 Å². The van der Waals surface area contributed by atoms with E-state index in [1.54, 1.807) is 35.4 Å². The molecule has 190 valence electrons. The molecule has 4 aromatic rings. The first-order valence-corrected chi connectivity index (χ1v) is 14.2. The van der Waals surface area contributed by atoms with Crippen LogP contribution in [0.4, 0.5) is 5.69 Å². The van der Waals surface area contributed by atoms with E-state index >= 15 is 0 Å². The van der Waals surface area contributed by atoms with Crippen molar-refractivity contribution in [3.63, 3.8) is 0 Å². The molecule has 1 aliphatic heterocycles. The third-order valence-electron chi connectivity index (χ3n) is 6.82. The van der Waals surface area contributed by atoms with Gasteiger partial charge in [0.25, 0.3) is 11.8 Å². The monoisotopic (exact) mass is 535 g/mol. The molecule has 0 saturated carbocycles. The molecule has 0 atom stereocenters. The highest BCUT2D eigenvalue weighted by Gasteiger charge is 2.25. The van der Waals surface area contributed by atoms with Crippen molar-refractivity contribution >= 4 is 49.8 Å². The number of hydrogen-bond donors (Lipinski definition) is 2. The van der Waals surface area contributed by atoms with E-state index in [2.05, 4.69) is 10.3 Å². The number of fused-ring (bicyclic) bond motifs is 1. The lowest BCUT2D eigenvalue weighted by atomic mass is 9.89. The first-order chi connectivity index (χ1) is 17.7. The van der Waals surface area contributed by atoms with Gasteiger partial charge >= 0.3 is 0 Å². The average molecular weight is 536 g/mol. The molecule has 3 aromatic carbocycles. The van der Waals surface area contributed by atoms with Crippen LogP contribution in [0.2, 0.25) is 5.02 Å². The van der Waals surface area contributed by atoms with E-state index < -0.39 is 9.84 Å². The number of carbonyl (C=O) groups excluding carboxylic acids is 2. The summed E-state index contributed by atoms with van der Waals surface area (Å²) in [5.41, 5.74) is 3.50. The quantitative estimate of drug-likeness (QED) is 0.352. The number of amides is 2. The first-order valence-electron chi connectivity index (χ1n) is 12.0. The normalized spacial score (nSPS) is 14.6. The van der Waals surface area contributed by atoms with Gasteiger partial charge in [0, 0.05) is 47.7 Å². The molecular weight excluding hydrogens is 510 g/mol. The van der Waals surface area contributed by atoms with Gasteiger partial charge in [-0.2, -0.15) is 0 Å². The van der Waals surface area contributed by atoms with E-state index in [0.717, 1.165) is 35.6 Å². The highest BCUT2D eigenvalue weighted by molar-refractivity contribution is 7.90. The molecule has 2 N–H and O–H groups in total. The third kappa shape index (κ3) is 5.40. The van der Waals surface area contributed by atoms with Crippen LogP contribution in [-0.2, 0) is 9.84 Å². The SMILES string of the molecule is CS(=O)(=O)c1cccc(C(=O)N2CCC(c3ccc(NC(=O)c4cc5cc[nH]c5cc4Cl)cc3)CC2)c1. The fourth-order valence-corrected chi connectivity index (χ4v) is 5.66.